The van der Waals surface area contributed by atoms with Crippen molar-refractivity contribution < 1.29 is 14.7 Å². The number of likely N-dealkylation sites (tertiary alicyclic amines) is 1. The molecule has 0 spiro atoms. The summed E-state index contributed by atoms with van der Waals surface area (Å²) in [4.78, 5) is 25.1. The average Bonchev–Trinajstić information content (AvgIpc) is 2.63. The number of rotatable bonds is 2. The van der Waals surface area contributed by atoms with E-state index in [0.29, 0.717) is 5.56 Å². The van der Waals surface area contributed by atoms with Crippen molar-refractivity contribution in [2.75, 3.05) is 6.54 Å². The molecular weight excluding hydrogens is 242 g/mol. The molecule has 1 aromatic rings. The zero-order chi connectivity index (χ0) is 13.8. The van der Waals surface area contributed by atoms with Crippen molar-refractivity contribution in [1.29, 1.82) is 0 Å². The number of hydrogen-bond acceptors (Lipinski definition) is 2. The molecule has 1 aromatic carbocycles. The van der Waals surface area contributed by atoms with Gasteiger partial charge in [-0.25, -0.2) is 4.79 Å². The van der Waals surface area contributed by atoms with Crippen LogP contribution >= 0.6 is 0 Å². The van der Waals surface area contributed by atoms with Crippen molar-refractivity contribution in [1.82, 2.24) is 4.90 Å². The maximum absolute atomic E-state index is 12.4. The van der Waals surface area contributed by atoms with Gasteiger partial charge in [-0.3, -0.25) is 4.79 Å². The van der Waals surface area contributed by atoms with Crippen LogP contribution in [0.15, 0.2) is 24.3 Å². The van der Waals surface area contributed by atoms with Gasteiger partial charge in [0.1, 0.15) is 0 Å². The Labute approximate surface area is 113 Å². The van der Waals surface area contributed by atoms with Gasteiger partial charge >= 0.3 is 5.97 Å². The number of aromatic carboxylic acids is 1. The van der Waals surface area contributed by atoms with E-state index in [-0.39, 0.29) is 17.5 Å². The molecule has 19 heavy (non-hydrogen) atoms. The molecule has 2 rings (SSSR count). The molecule has 4 nitrogen and oxygen atoms in total. The van der Waals surface area contributed by atoms with E-state index in [2.05, 4.69) is 6.92 Å². The van der Waals surface area contributed by atoms with Crippen LogP contribution in [0.5, 0.6) is 0 Å². The Kier molecular flexibility index (Phi) is 4.20. The summed E-state index contributed by atoms with van der Waals surface area (Å²) in [6.45, 7) is 2.87. The van der Waals surface area contributed by atoms with Crippen molar-refractivity contribution in [2.45, 2.75) is 38.6 Å². The summed E-state index contributed by atoms with van der Waals surface area (Å²) >= 11 is 0. The molecule has 0 radical (unpaired) electrons. The van der Waals surface area contributed by atoms with Crippen molar-refractivity contribution in [3.63, 3.8) is 0 Å². The Morgan fingerprint density at radius 1 is 1.11 bits per heavy atom. The summed E-state index contributed by atoms with van der Waals surface area (Å²) in [5.74, 6) is -0.964. The highest BCUT2D eigenvalue weighted by Gasteiger charge is 2.23. The highest BCUT2D eigenvalue weighted by molar-refractivity contribution is 5.96. The predicted molar refractivity (Wildman–Crippen MR) is 72.4 cm³/mol. The van der Waals surface area contributed by atoms with Crippen molar-refractivity contribution in [2.24, 2.45) is 0 Å². The molecule has 102 valence electrons. The first kappa shape index (κ1) is 13.6. The number of benzene rings is 1. The van der Waals surface area contributed by atoms with E-state index in [4.69, 9.17) is 5.11 Å². The molecule has 1 heterocycles. The van der Waals surface area contributed by atoms with Crippen LogP contribution in [0, 0.1) is 0 Å². The highest BCUT2D eigenvalue weighted by atomic mass is 16.4. The summed E-state index contributed by atoms with van der Waals surface area (Å²) in [5, 5.41) is 8.85. The number of nitrogens with zero attached hydrogens (tertiary/aromatic N) is 1. The maximum Gasteiger partial charge on any atom is 0.335 e. The van der Waals surface area contributed by atoms with E-state index in [1.807, 2.05) is 4.90 Å². The van der Waals surface area contributed by atoms with Crippen LogP contribution in [0.4, 0.5) is 0 Å². The lowest BCUT2D eigenvalue weighted by atomic mass is 10.1. The number of carboxylic acids is 1. The number of carbonyl (C=O) groups is 2. The number of carbonyl (C=O) groups excluding carboxylic acids is 1. The van der Waals surface area contributed by atoms with Gasteiger partial charge in [0.25, 0.3) is 5.91 Å². The smallest absolute Gasteiger partial charge is 0.335 e. The average molecular weight is 261 g/mol. The van der Waals surface area contributed by atoms with Gasteiger partial charge in [-0.1, -0.05) is 12.8 Å². The SMILES string of the molecule is C[C@H]1CCCCCN1C(=O)c1ccc(C(=O)O)cc1. The zero-order valence-electron chi connectivity index (χ0n) is 11.1. The summed E-state index contributed by atoms with van der Waals surface area (Å²) in [6.07, 6.45) is 4.43. The Morgan fingerprint density at radius 3 is 2.37 bits per heavy atom. The van der Waals surface area contributed by atoms with Crippen LogP contribution in [0.1, 0.15) is 53.3 Å². The minimum Gasteiger partial charge on any atom is -0.478 e. The number of carboxylic acid groups (broad SMARTS) is 1. The van der Waals surface area contributed by atoms with Crippen molar-refractivity contribution >= 4 is 11.9 Å². The van der Waals surface area contributed by atoms with Gasteiger partial charge in [-0.2, -0.15) is 0 Å². The van der Waals surface area contributed by atoms with Gasteiger partial charge in [0.05, 0.1) is 5.56 Å². The summed E-state index contributed by atoms with van der Waals surface area (Å²) in [5.41, 5.74) is 0.777. The molecule has 0 aliphatic carbocycles. The number of amides is 1. The first-order chi connectivity index (χ1) is 9.09. The minimum absolute atomic E-state index is 0.00587. The Morgan fingerprint density at radius 2 is 1.74 bits per heavy atom. The largest absolute Gasteiger partial charge is 0.478 e. The van der Waals surface area contributed by atoms with Crippen molar-refractivity contribution in [3.05, 3.63) is 35.4 Å². The first-order valence-electron chi connectivity index (χ1n) is 6.74. The predicted octanol–water partition coefficient (Wildman–Crippen LogP) is 2.79. The molecular formula is C15H19NO3. The molecule has 0 aromatic heterocycles. The van der Waals surface area contributed by atoms with Gasteiger partial charge in [-0.15, -0.1) is 0 Å². The molecule has 1 atom stereocenters. The molecule has 1 fully saturated rings. The van der Waals surface area contributed by atoms with Crippen LogP contribution in [-0.2, 0) is 0 Å². The normalized spacial score (nSPS) is 19.8. The first-order valence-corrected chi connectivity index (χ1v) is 6.74. The molecule has 0 saturated carbocycles. The van der Waals surface area contributed by atoms with Gasteiger partial charge < -0.3 is 10.0 Å². The number of hydrogen-bond donors (Lipinski definition) is 1. The second-order valence-electron chi connectivity index (χ2n) is 5.08. The standard InChI is InChI=1S/C15H19NO3/c1-11-5-3-2-4-10-16(11)14(17)12-6-8-13(9-7-12)15(18)19/h6-9,11H,2-5,10H2,1H3,(H,18,19)/t11-/m0/s1. The summed E-state index contributed by atoms with van der Waals surface area (Å²) in [7, 11) is 0. The van der Waals surface area contributed by atoms with Crippen LogP contribution in [-0.4, -0.2) is 34.5 Å². The lowest BCUT2D eigenvalue weighted by Crippen LogP contribution is -2.38. The quantitative estimate of drug-likeness (QED) is 0.890. The summed E-state index contributed by atoms with van der Waals surface area (Å²) in [6, 6.07) is 6.43. The fourth-order valence-corrected chi connectivity index (χ4v) is 2.50. The molecule has 1 amide bonds. The van der Waals surface area contributed by atoms with E-state index in [0.717, 1.165) is 19.4 Å². The third-order valence-electron chi connectivity index (χ3n) is 3.69. The van der Waals surface area contributed by atoms with Gasteiger partial charge in [-0.05, 0) is 44.0 Å². The third-order valence-corrected chi connectivity index (χ3v) is 3.69. The highest BCUT2D eigenvalue weighted by Crippen LogP contribution is 2.19. The zero-order valence-corrected chi connectivity index (χ0v) is 11.1. The van der Waals surface area contributed by atoms with Crippen LogP contribution in [0.25, 0.3) is 0 Å². The lowest BCUT2D eigenvalue weighted by Gasteiger charge is -2.27. The minimum atomic E-state index is -0.970. The molecule has 1 aliphatic heterocycles. The topological polar surface area (TPSA) is 57.6 Å². The fraction of sp³-hybridized carbons (Fsp3) is 0.467. The van der Waals surface area contributed by atoms with Crippen LogP contribution in [0.3, 0.4) is 0 Å². The van der Waals surface area contributed by atoms with Crippen LogP contribution in [0.2, 0.25) is 0 Å². The molecule has 0 bridgehead atoms. The molecule has 1 aliphatic rings. The molecule has 0 unspecified atom stereocenters. The molecule has 1 saturated heterocycles. The van der Waals surface area contributed by atoms with E-state index in [1.54, 1.807) is 12.1 Å². The van der Waals surface area contributed by atoms with Gasteiger partial charge in [0.2, 0.25) is 0 Å². The Bertz CT molecular complexity index is 467. The van der Waals surface area contributed by atoms with E-state index >= 15 is 0 Å². The fourth-order valence-electron chi connectivity index (χ4n) is 2.50. The Hall–Kier alpha value is -1.84. The monoisotopic (exact) mass is 261 g/mol. The van der Waals surface area contributed by atoms with E-state index in [9.17, 15) is 9.59 Å². The molecule has 4 heteroatoms. The van der Waals surface area contributed by atoms with Crippen molar-refractivity contribution in [3.8, 4) is 0 Å². The van der Waals surface area contributed by atoms with E-state index < -0.39 is 5.97 Å². The maximum atomic E-state index is 12.4. The summed E-state index contributed by atoms with van der Waals surface area (Å²) < 4.78 is 0. The third kappa shape index (κ3) is 3.13. The second-order valence-corrected chi connectivity index (χ2v) is 5.08. The molecule has 1 N–H and O–H groups in total. The Balaban J connectivity index is 2.15. The lowest BCUT2D eigenvalue weighted by molar-refractivity contribution is 0.0683. The van der Waals surface area contributed by atoms with Gasteiger partial charge in [0, 0.05) is 18.2 Å². The van der Waals surface area contributed by atoms with Crippen LogP contribution < -0.4 is 0 Å². The van der Waals surface area contributed by atoms with Gasteiger partial charge in [0.15, 0.2) is 0 Å². The second kappa shape index (κ2) is 5.87. The van der Waals surface area contributed by atoms with E-state index in [1.165, 1.54) is 25.0 Å².